The van der Waals surface area contributed by atoms with Gasteiger partial charge in [-0.1, -0.05) is 90.7 Å². The maximum atomic E-state index is 13.5. The van der Waals surface area contributed by atoms with Crippen molar-refractivity contribution in [1.82, 2.24) is 10.2 Å². The van der Waals surface area contributed by atoms with Gasteiger partial charge in [0, 0.05) is 5.75 Å². The van der Waals surface area contributed by atoms with Crippen LogP contribution in [0.5, 0.6) is 5.75 Å². The molecule has 0 fully saturated rings. The van der Waals surface area contributed by atoms with Crippen molar-refractivity contribution in [2.24, 2.45) is 0 Å². The first-order valence-electron chi connectivity index (χ1n) is 12.9. The Morgan fingerprint density at radius 3 is 2.51 bits per heavy atom. The molecule has 41 heavy (non-hydrogen) atoms. The van der Waals surface area contributed by atoms with Crippen molar-refractivity contribution < 1.29 is 23.8 Å². The Balaban J connectivity index is 1.45. The number of aliphatic hydroxyl groups excluding tert-OH is 1. The van der Waals surface area contributed by atoms with E-state index >= 15 is 0 Å². The van der Waals surface area contributed by atoms with Gasteiger partial charge in [0.05, 0.1) is 18.2 Å². The SMILES string of the molecule is CCCOc1ccc(C2C(C(=O)/C=C/c3ccccc3)=C(O)C(=O)N2c2nnc(SCc3ccc(F)cc3)s2)cc1. The molecule has 0 radical (unpaired) electrons. The van der Waals surface area contributed by atoms with E-state index in [0.717, 1.165) is 17.5 Å². The third-order valence-electron chi connectivity index (χ3n) is 6.25. The molecule has 1 aromatic heterocycles. The molecule has 5 rings (SSSR count). The Bertz CT molecular complexity index is 1590. The Kier molecular flexibility index (Phi) is 8.91. The van der Waals surface area contributed by atoms with Crippen LogP contribution in [-0.2, 0) is 15.3 Å². The number of halogens is 1. The van der Waals surface area contributed by atoms with Gasteiger partial charge < -0.3 is 9.84 Å². The van der Waals surface area contributed by atoms with Gasteiger partial charge in [-0.2, -0.15) is 0 Å². The number of ether oxygens (including phenoxy) is 1. The lowest BCUT2D eigenvalue weighted by molar-refractivity contribution is -0.117. The van der Waals surface area contributed by atoms with Crippen LogP contribution in [0.25, 0.3) is 6.08 Å². The summed E-state index contributed by atoms with van der Waals surface area (Å²) >= 11 is 2.57. The van der Waals surface area contributed by atoms with Crippen LogP contribution in [0.2, 0.25) is 0 Å². The third kappa shape index (κ3) is 6.55. The average molecular weight is 588 g/mol. The van der Waals surface area contributed by atoms with Crippen LogP contribution in [0, 0.1) is 5.82 Å². The minimum Gasteiger partial charge on any atom is -0.503 e. The molecule has 1 aliphatic rings. The Labute approximate surface area is 245 Å². The lowest BCUT2D eigenvalue weighted by Gasteiger charge is -2.24. The van der Waals surface area contributed by atoms with Crippen molar-refractivity contribution in [3.8, 4) is 5.75 Å². The zero-order valence-electron chi connectivity index (χ0n) is 22.1. The number of anilines is 1. The van der Waals surface area contributed by atoms with Crippen LogP contribution >= 0.6 is 23.1 Å². The summed E-state index contributed by atoms with van der Waals surface area (Å²) in [5, 5.41) is 19.7. The predicted octanol–water partition coefficient (Wildman–Crippen LogP) is 6.94. The van der Waals surface area contributed by atoms with E-state index in [2.05, 4.69) is 10.2 Å². The van der Waals surface area contributed by atoms with Gasteiger partial charge in [-0.25, -0.2) is 4.39 Å². The summed E-state index contributed by atoms with van der Waals surface area (Å²) in [4.78, 5) is 28.2. The van der Waals surface area contributed by atoms with Crippen LogP contribution in [0.15, 0.2) is 101 Å². The molecular weight excluding hydrogens is 561 g/mol. The average Bonchev–Trinajstić information content (AvgIpc) is 3.57. The first-order chi connectivity index (χ1) is 19.9. The standard InChI is InChI=1S/C31H26FN3O4S2/c1-2-18-39-24-15-11-22(12-16-24)27-26(25(36)17-10-20-6-4-3-5-7-20)28(37)29(38)35(27)30-33-34-31(41-30)40-19-21-8-13-23(32)14-9-21/h3-17,27,37H,2,18-19H2,1H3/b17-10+. The van der Waals surface area contributed by atoms with Gasteiger partial charge in [-0.3, -0.25) is 14.5 Å². The second-order valence-corrected chi connectivity index (χ2v) is 11.3. The van der Waals surface area contributed by atoms with Crippen molar-refractivity contribution in [3.05, 3.63) is 119 Å². The van der Waals surface area contributed by atoms with Gasteiger partial charge in [0.2, 0.25) is 5.13 Å². The zero-order chi connectivity index (χ0) is 28.8. The molecule has 4 aromatic rings. The van der Waals surface area contributed by atoms with Crippen molar-refractivity contribution in [2.75, 3.05) is 11.5 Å². The van der Waals surface area contributed by atoms with Crippen molar-refractivity contribution in [1.29, 1.82) is 0 Å². The highest BCUT2D eigenvalue weighted by Gasteiger charge is 2.45. The van der Waals surface area contributed by atoms with E-state index in [-0.39, 0.29) is 16.5 Å². The zero-order valence-corrected chi connectivity index (χ0v) is 23.7. The molecular formula is C31H26FN3O4S2. The molecule has 1 aliphatic heterocycles. The molecule has 10 heteroatoms. The van der Waals surface area contributed by atoms with E-state index in [1.807, 2.05) is 37.3 Å². The normalized spacial score (nSPS) is 15.2. The Morgan fingerprint density at radius 1 is 1.07 bits per heavy atom. The highest BCUT2D eigenvalue weighted by atomic mass is 32.2. The number of hydrogen-bond acceptors (Lipinski definition) is 8. The van der Waals surface area contributed by atoms with E-state index in [1.165, 1.54) is 46.2 Å². The van der Waals surface area contributed by atoms with E-state index in [9.17, 15) is 19.1 Å². The number of benzene rings is 3. The molecule has 0 bridgehead atoms. The molecule has 208 valence electrons. The Morgan fingerprint density at radius 2 is 1.80 bits per heavy atom. The summed E-state index contributed by atoms with van der Waals surface area (Å²) < 4.78 is 19.5. The largest absolute Gasteiger partial charge is 0.503 e. The number of carbonyl (C=O) groups is 2. The predicted molar refractivity (Wildman–Crippen MR) is 158 cm³/mol. The van der Waals surface area contributed by atoms with Crippen LogP contribution < -0.4 is 9.64 Å². The van der Waals surface area contributed by atoms with Gasteiger partial charge in [0.1, 0.15) is 11.6 Å². The number of allylic oxidation sites excluding steroid dienone is 1. The number of aromatic nitrogens is 2. The number of nitrogens with zero attached hydrogens (tertiary/aromatic N) is 3. The van der Waals surface area contributed by atoms with Gasteiger partial charge in [0.15, 0.2) is 15.9 Å². The molecule has 1 atom stereocenters. The van der Waals surface area contributed by atoms with Gasteiger partial charge in [-0.05, 0) is 53.5 Å². The summed E-state index contributed by atoms with van der Waals surface area (Å²) in [5.74, 6) is -0.968. The fourth-order valence-electron chi connectivity index (χ4n) is 4.25. The maximum absolute atomic E-state index is 13.5. The molecule has 1 N–H and O–H groups in total. The number of thioether (sulfide) groups is 1. The van der Waals surface area contributed by atoms with Crippen LogP contribution in [0.4, 0.5) is 9.52 Å². The third-order valence-corrected chi connectivity index (χ3v) is 8.37. The summed E-state index contributed by atoms with van der Waals surface area (Å²) in [7, 11) is 0. The molecule has 7 nitrogen and oxygen atoms in total. The highest BCUT2D eigenvalue weighted by Crippen LogP contribution is 2.43. The number of ketones is 1. The van der Waals surface area contributed by atoms with E-state index in [0.29, 0.717) is 28.0 Å². The van der Waals surface area contributed by atoms with E-state index < -0.39 is 23.5 Å². The van der Waals surface area contributed by atoms with Gasteiger partial charge in [-0.15, -0.1) is 10.2 Å². The number of carbonyl (C=O) groups excluding carboxylic acids is 2. The monoisotopic (exact) mass is 587 g/mol. The van der Waals surface area contributed by atoms with E-state index in [4.69, 9.17) is 4.74 Å². The molecule has 0 aliphatic carbocycles. The van der Waals surface area contributed by atoms with Gasteiger partial charge in [0.25, 0.3) is 5.91 Å². The Hall–Kier alpha value is -4.28. The molecule has 0 saturated carbocycles. The lowest BCUT2D eigenvalue weighted by Crippen LogP contribution is -2.30. The molecule has 1 amide bonds. The van der Waals surface area contributed by atoms with Crippen LogP contribution in [-0.4, -0.2) is 33.6 Å². The quantitative estimate of drug-likeness (QED) is 0.115. The molecule has 3 aromatic carbocycles. The lowest BCUT2D eigenvalue weighted by atomic mass is 9.95. The first-order valence-corrected chi connectivity index (χ1v) is 14.7. The fraction of sp³-hybridized carbons (Fsp3) is 0.161. The van der Waals surface area contributed by atoms with Crippen molar-refractivity contribution in [3.63, 3.8) is 0 Å². The summed E-state index contributed by atoms with van der Waals surface area (Å²) in [5.41, 5.74) is 2.28. The number of aliphatic hydroxyl groups is 1. The van der Waals surface area contributed by atoms with E-state index in [1.54, 1.807) is 42.5 Å². The molecule has 0 spiro atoms. The van der Waals surface area contributed by atoms with Crippen LogP contribution in [0.3, 0.4) is 0 Å². The topological polar surface area (TPSA) is 92.6 Å². The summed E-state index contributed by atoms with van der Waals surface area (Å²) in [6.45, 7) is 2.57. The van der Waals surface area contributed by atoms with Crippen molar-refractivity contribution >= 4 is 46.0 Å². The second kappa shape index (κ2) is 12.9. The minimum absolute atomic E-state index is 0.0416. The molecule has 1 unspecified atom stereocenters. The summed E-state index contributed by atoms with van der Waals surface area (Å²) in [6.07, 6.45) is 3.85. The number of hydrogen-bond donors (Lipinski definition) is 1. The maximum Gasteiger partial charge on any atom is 0.296 e. The molecule has 0 saturated heterocycles. The smallest absolute Gasteiger partial charge is 0.296 e. The minimum atomic E-state index is -0.918. The van der Waals surface area contributed by atoms with Gasteiger partial charge >= 0.3 is 0 Å². The number of rotatable bonds is 11. The van der Waals surface area contributed by atoms with Crippen LogP contribution in [0.1, 0.15) is 36.1 Å². The highest BCUT2D eigenvalue weighted by molar-refractivity contribution is 8.00. The van der Waals surface area contributed by atoms with Crippen molar-refractivity contribution in [2.45, 2.75) is 29.5 Å². The number of amides is 1. The second-order valence-electron chi connectivity index (χ2n) is 9.13. The fourth-order valence-corrected chi connectivity index (χ4v) is 6.07. The summed E-state index contributed by atoms with van der Waals surface area (Å²) in [6, 6.07) is 21.6. The first kappa shape index (κ1) is 28.3. The molecule has 2 heterocycles.